The Bertz CT molecular complexity index is 703. The molecule has 3 N–H and O–H groups in total. The molecule has 3 aromatic rings. The van der Waals surface area contributed by atoms with Crippen molar-refractivity contribution in [3.63, 3.8) is 0 Å². The van der Waals surface area contributed by atoms with Gasteiger partial charge in [0.05, 0.1) is 11.7 Å². The predicted octanol–water partition coefficient (Wildman–Crippen LogP) is 2.21. The molecule has 0 fully saturated rings. The lowest BCUT2D eigenvalue weighted by Gasteiger charge is -2.04. The standard InChI is InChI=1S/C14H13N3O/c15-11-5-6-17-12(8-11)9-16-14(17)7-10-3-1-2-4-13(10)18/h1-6,8-9,18H,7,15H2. The van der Waals surface area contributed by atoms with Crippen molar-refractivity contribution in [1.82, 2.24) is 9.38 Å². The van der Waals surface area contributed by atoms with Gasteiger partial charge in [0.25, 0.3) is 0 Å². The molecule has 0 unspecified atom stereocenters. The number of pyridine rings is 1. The number of phenolic OH excluding ortho intramolecular Hbond substituents is 1. The lowest BCUT2D eigenvalue weighted by Crippen LogP contribution is -1.97. The molecule has 0 saturated carbocycles. The van der Waals surface area contributed by atoms with Crippen LogP contribution in [0, 0.1) is 0 Å². The molecule has 0 atom stereocenters. The fraction of sp³-hybridized carbons (Fsp3) is 0.0714. The van der Waals surface area contributed by atoms with Gasteiger partial charge in [-0.05, 0) is 18.2 Å². The van der Waals surface area contributed by atoms with Crippen LogP contribution in [0.3, 0.4) is 0 Å². The summed E-state index contributed by atoms with van der Waals surface area (Å²) in [5.74, 6) is 1.18. The highest BCUT2D eigenvalue weighted by Crippen LogP contribution is 2.20. The second kappa shape index (κ2) is 4.07. The van der Waals surface area contributed by atoms with Crippen LogP contribution in [0.25, 0.3) is 5.52 Å². The van der Waals surface area contributed by atoms with Crippen LogP contribution >= 0.6 is 0 Å². The molecule has 18 heavy (non-hydrogen) atoms. The van der Waals surface area contributed by atoms with Crippen molar-refractivity contribution in [1.29, 1.82) is 0 Å². The zero-order valence-corrected chi connectivity index (χ0v) is 9.74. The Hall–Kier alpha value is -2.49. The second-order valence-corrected chi connectivity index (χ2v) is 4.23. The minimum atomic E-state index is 0.296. The Balaban J connectivity index is 2.03. The summed E-state index contributed by atoms with van der Waals surface area (Å²) in [5, 5.41) is 9.77. The molecule has 0 radical (unpaired) electrons. The largest absolute Gasteiger partial charge is 0.508 e. The maximum Gasteiger partial charge on any atom is 0.119 e. The van der Waals surface area contributed by atoms with Crippen LogP contribution in [0.1, 0.15) is 11.4 Å². The molecule has 3 rings (SSSR count). The number of nitrogens with zero attached hydrogens (tertiary/aromatic N) is 2. The van der Waals surface area contributed by atoms with Gasteiger partial charge in [0.15, 0.2) is 0 Å². The lowest BCUT2D eigenvalue weighted by atomic mass is 10.1. The Morgan fingerprint density at radius 3 is 2.89 bits per heavy atom. The summed E-state index contributed by atoms with van der Waals surface area (Å²) in [7, 11) is 0. The number of anilines is 1. The first-order chi connectivity index (χ1) is 8.74. The smallest absolute Gasteiger partial charge is 0.119 e. The fourth-order valence-corrected chi connectivity index (χ4v) is 2.03. The van der Waals surface area contributed by atoms with Crippen molar-refractivity contribution in [2.24, 2.45) is 0 Å². The maximum atomic E-state index is 9.77. The molecule has 0 aliphatic heterocycles. The van der Waals surface area contributed by atoms with Crippen molar-refractivity contribution in [2.75, 3.05) is 5.73 Å². The number of para-hydroxylation sites is 1. The van der Waals surface area contributed by atoms with Crippen molar-refractivity contribution < 1.29 is 5.11 Å². The number of imidazole rings is 1. The highest BCUT2D eigenvalue weighted by Gasteiger charge is 2.07. The summed E-state index contributed by atoms with van der Waals surface area (Å²) >= 11 is 0. The van der Waals surface area contributed by atoms with E-state index in [9.17, 15) is 5.11 Å². The van der Waals surface area contributed by atoms with E-state index in [4.69, 9.17) is 5.73 Å². The van der Waals surface area contributed by atoms with Crippen LogP contribution in [0.4, 0.5) is 5.69 Å². The maximum absolute atomic E-state index is 9.77. The summed E-state index contributed by atoms with van der Waals surface area (Å²) < 4.78 is 1.98. The third-order valence-electron chi connectivity index (χ3n) is 2.97. The van der Waals surface area contributed by atoms with Gasteiger partial charge in [-0.15, -0.1) is 0 Å². The molecule has 2 heterocycles. The molecule has 90 valence electrons. The molecule has 0 aliphatic carbocycles. The molecule has 0 amide bonds. The topological polar surface area (TPSA) is 63.5 Å². The predicted molar refractivity (Wildman–Crippen MR) is 70.5 cm³/mol. The number of phenols is 1. The number of fused-ring (bicyclic) bond motifs is 1. The Morgan fingerprint density at radius 2 is 2.06 bits per heavy atom. The Kier molecular flexibility index (Phi) is 2.41. The van der Waals surface area contributed by atoms with Gasteiger partial charge in [-0.25, -0.2) is 4.98 Å². The number of hydrogen-bond donors (Lipinski definition) is 2. The third-order valence-corrected chi connectivity index (χ3v) is 2.97. The summed E-state index contributed by atoms with van der Waals surface area (Å²) in [5.41, 5.74) is 8.27. The number of hydrogen-bond acceptors (Lipinski definition) is 3. The van der Waals surface area contributed by atoms with Crippen LogP contribution in [-0.4, -0.2) is 14.5 Å². The molecular formula is C14H13N3O. The Labute approximate surface area is 104 Å². The van der Waals surface area contributed by atoms with Gasteiger partial charge in [-0.2, -0.15) is 0 Å². The fourth-order valence-electron chi connectivity index (χ4n) is 2.03. The summed E-state index contributed by atoms with van der Waals surface area (Å²) in [6, 6.07) is 11.0. The van der Waals surface area contributed by atoms with Crippen molar-refractivity contribution in [3.8, 4) is 5.75 Å². The van der Waals surface area contributed by atoms with Crippen LogP contribution in [0.15, 0.2) is 48.8 Å². The number of rotatable bonds is 2. The quantitative estimate of drug-likeness (QED) is 0.720. The highest BCUT2D eigenvalue weighted by molar-refractivity contribution is 5.56. The van der Waals surface area contributed by atoms with E-state index in [-0.39, 0.29) is 0 Å². The van der Waals surface area contributed by atoms with Crippen LogP contribution < -0.4 is 5.73 Å². The van der Waals surface area contributed by atoms with Gasteiger partial charge >= 0.3 is 0 Å². The van der Waals surface area contributed by atoms with Gasteiger partial charge in [-0.1, -0.05) is 18.2 Å². The highest BCUT2D eigenvalue weighted by atomic mass is 16.3. The summed E-state index contributed by atoms with van der Waals surface area (Å²) in [6.07, 6.45) is 4.27. The van der Waals surface area contributed by atoms with Gasteiger partial charge < -0.3 is 15.2 Å². The molecule has 1 aromatic carbocycles. The van der Waals surface area contributed by atoms with E-state index in [2.05, 4.69) is 4.98 Å². The summed E-state index contributed by atoms with van der Waals surface area (Å²) in [4.78, 5) is 4.37. The summed E-state index contributed by atoms with van der Waals surface area (Å²) in [6.45, 7) is 0. The molecule has 4 heteroatoms. The van der Waals surface area contributed by atoms with Crippen LogP contribution in [0.5, 0.6) is 5.75 Å². The lowest BCUT2D eigenvalue weighted by molar-refractivity contribution is 0.469. The molecule has 4 nitrogen and oxygen atoms in total. The number of nitrogen functional groups attached to an aromatic ring is 1. The monoisotopic (exact) mass is 239 g/mol. The number of aromatic nitrogens is 2. The van der Waals surface area contributed by atoms with E-state index in [1.54, 1.807) is 12.3 Å². The Morgan fingerprint density at radius 1 is 1.22 bits per heavy atom. The van der Waals surface area contributed by atoms with E-state index < -0.39 is 0 Å². The zero-order valence-electron chi connectivity index (χ0n) is 9.74. The first kappa shape index (κ1) is 10.7. The van der Waals surface area contributed by atoms with E-state index in [0.29, 0.717) is 12.2 Å². The average molecular weight is 239 g/mol. The van der Waals surface area contributed by atoms with Crippen molar-refractivity contribution >= 4 is 11.2 Å². The van der Waals surface area contributed by atoms with Gasteiger partial charge in [-0.3, -0.25) is 0 Å². The van der Waals surface area contributed by atoms with E-state index in [0.717, 1.165) is 22.6 Å². The SMILES string of the molecule is Nc1ccn2c(Cc3ccccc3O)ncc2c1. The van der Waals surface area contributed by atoms with E-state index in [1.807, 2.05) is 40.9 Å². The zero-order chi connectivity index (χ0) is 12.5. The van der Waals surface area contributed by atoms with Crippen molar-refractivity contribution in [3.05, 3.63) is 60.2 Å². The normalized spacial score (nSPS) is 10.9. The molecule has 0 aliphatic rings. The van der Waals surface area contributed by atoms with E-state index >= 15 is 0 Å². The third kappa shape index (κ3) is 1.78. The molecule has 0 bridgehead atoms. The number of benzene rings is 1. The first-order valence-electron chi connectivity index (χ1n) is 5.72. The molecular weight excluding hydrogens is 226 g/mol. The van der Waals surface area contributed by atoms with Gasteiger partial charge in [0, 0.05) is 23.9 Å². The number of nitrogens with two attached hydrogens (primary N) is 1. The first-order valence-corrected chi connectivity index (χ1v) is 5.72. The minimum Gasteiger partial charge on any atom is -0.508 e. The molecule has 2 aromatic heterocycles. The molecule has 0 spiro atoms. The van der Waals surface area contributed by atoms with E-state index in [1.165, 1.54) is 0 Å². The molecule has 0 saturated heterocycles. The van der Waals surface area contributed by atoms with Crippen LogP contribution in [-0.2, 0) is 6.42 Å². The minimum absolute atomic E-state index is 0.296. The number of aromatic hydroxyl groups is 1. The second-order valence-electron chi connectivity index (χ2n) is 4.23. The average Bonchev–Trinajstić information content (AvgIpc) is 2.74. The van der Waals surface area contributed by atoms with Crippen molar-refractivity contribution in [2.45, 2.75) is 6.42 Å². The van der Waals surface area contributed by atoms with Crippen LogP contribution in [0.2, 0.25) is 0 Å². The van der Waals surface area contributed by atoms with Gasteiger partial charge in [0.1, 0.15) is 11.6 Å². The van der Waals surface area contributed by atoms with Gasteiger partial charge in [0.2, 0.25) is 0 Å².